The average molecular weight is 256 g/mol. The van der Waals surface area contributed by atoms with Crippen molar-refractivity contribution in [3.05, 3.63) is 0 Å². The quantitative estimate of drug-likeness (QED) is 0.821. The van der Waals surface area contributed by atoms with Gasteiger partial charge in [-0.3, -0.25) is 14.9 Å². The number of carbonyl (C=O) groups is 2. The lowest BCUT2D eigenvalue weighted by molar-refractivity contribution is -0.145. The molecule has 1 aliphatic carbocycles. The van der Waals surface area contributed by atoms with Gasteiger partial charge in [0.25, 0.3) is 0 Å². The molecule has 0 saturated heterocycles. The molecule has 1 aliphatic rings. The van der Waals surface area contributed by atoms with E-state index in [2.05, 4.69) is 20.1 Å². The molecule has 7 nitrogen and oxygen atoms in total. The van der Waals surface area contributed by atoms with Gasteiger partial charge in [0.05, 0.1) is 11.8 Å². The molecule has 0 bridgehead atoms. The number of anilines is 1. The first-order valence-electron chi connectivity index (χ1n) is 5.26. The highest BCUT2D eigenvalue weighted by molar-refractivity contribution is 7.09. The summed E-state index contributed by atoms with van der Waals surface area (Å²) in [5.41, 5.74) is 0. The first kappa shape index (κ1) is 11.9. The number of hydrogen-bond acceptors (Lipinski definition) is 6. The van der Waals surface area contributed by atoms with Crippen LogP contribution in [-0.2, 0) is 9.59 Å². The van der Waals surface area contributed by atoms with Crippen LogP contribution in [0.5, 0.6) is 0 Å². The molecular weight excluding hydrogens is 244 g/mol. The third-order valence-electron chi connectivity index (χ3n) is 2.98. The Bertz CT molecular complexity index is 422. The molecule has 1 saturated carbocycles. The van der Waals surface area contributed by atoms with Crippen LogP contribution in [-0.4, -0.2) is 31.8 Å². The molecule has 3 atom stereocenters. The van der Waals surface area contributed by atoms with Crippen LogP contribution < -0.4 is 5.32 Å². The Kier molecular flexibility index (Phi) is 3.32. The molecule has 0 aromatic carbocycles. The van der Waals surface area contributed by atoms with E-state index in [1.807, 2.05) is 6.92 Å². The zero-order valence-electron chi connectivity index (χ0n) is 9.16. The van der Waals surface area contributed by atoms with Crippen molar-refractivity contribution in [1.29, 1.82) is 0 Å². The van der Waals surface area contributed by atoms with Crippen molar-refractivity contribution in [3.8, 4) is 0 Å². The highest BCUT2D eigenvalue weighted by Gasteiger charge is 2.41. The van der Waals surface area contributed by atoms with E-state index in [-0.39, 0.29) is 11.8 Å². The fourth-order valence-electron chi connectivity index (χ4n) is 2.23. The van der Waals surface area contributed by atoms with E-state index >= 15 is 0 Å². The van der Waals surface area contributed by atoms with E-state index in [0.717, 1.165) is 11.5 Å². The second kappa shape index (κ2) is 4.74. The summed E-state index contributed by atoms with van der Waals surface area (Å²) >= 11 is 0.969. The molecule has 92 valence electrons. The predicted octanol–water partition coefficient (Wildman–Crippen LogP) is 0.618. The summed E-state index contributed by atoms with van der Waals surface area (Å²) in [5, 5.41) is 18.9. The van der Waals surface area contributed by atoms with Gasteiger partial charge in [-0.2, -0.15) is 0 Å². The van der Waals surface area contributed by atoms with Gasteiger partial charge >= 0.3 is 5.97 Å². The van der Waals surface area contributed by atoms with Crippen molar-refractivity contribution < 1.29 is 14.7 Å². The molecule has 1 heterocycles. The molecular formula is C9H12N4O3S. The first-order valence-corrected chi connectivity index (χ1v) is 6.04. The summed E-state index contributed by atoms with van der Waals surface area (Å²) in [6.07, 6.45) is 1.14. The molecule has 0 radical (unpaired) electrons. The third-order valence-corrected chi connectivity index (χ3v) is 3.49. The molecule has 1 unspecified atom stereocenters. The van der Waals surface area contributed by atoms with Crippen molar-refractivity contribution in [2.45, 2.75) is 19.8 Å². The molecule has 0 spiro atoms. The number of carboxylic acid groups (broad SMARTS) is 1. The molecule has 1 aromatic rings. The first-order chi connectivity index (χ1) is 8.08. The Hall–Kier alpha value is -1.57. The minimum Gasteiger partial charge on any atom is -0.481 e. The van der Waals surface area contributed by atoms with E-state index < -0.39 is 17.8 Å². The maximum absolute atomic E-state index is 11.9. The predicted molar refractivity (Wildman–Crippen MR) is 59.3 cm³/mol. The van der Waals surface area contributed by atoms with E-state index in [9.17, 15) is 9.59 Å². The van der Waals surface area contributed by atoms with Gasteiger partial charge in [0.1, 0.15) is 0 Å². The van der Waals surface area contributed by atoms with Crippen molar-refractivity contribution in [3.63, 3.8) is 0 Å². The van der Waals surface area contributed by atoms with Gasteiger partial charge < -0.3 is 5.11 Å². The lowest BCUT2D eigenvalue weighted by atomic mass is 9.95. The van der Waals surface area contributed by atoms with Gasteiger partial charge in [0.2, 0.25) is 11.0 Å². The number of aliphatic carboxylic acids is 1. The number of carboxylic acids is 1. The van der Waals surface area contributed by atoms with Crippen molar-refractivity contribution in [2.24, 2.45) is 17.8 Å². The van der Waals surface area contributed by atoms with E-state index in [0.29, 0.717) is 18.0 Å². The molecule has 8 heteroatoms. The Morgan fingerprint density at radius 2 is 2.12 bits per heavy atom. The maximum Gasteiger partial charge on any atom is 0.307 e. The van der Waals surface area contributed by atoms with Crippen LogP contribution in [0.1, 0.15) is 19.8 Å². The minimum absolute atomic E-state index is 0.249. The molecule has 1 fully saturated rings. The monoisotopic (exact) mass is 256 g/mol. The average Bonchev–Trinajstić information content (AvgIpc) is 2.86. The van der Waals surface area contributed by atoms with Crippen LogP contribution in [0.25, 0.3) is 0 Å². The smallest absolute Gasteiger partial charge is 0.307 e. The van der Waals surface area contributed by atoms with Crippen molar-refractivity contribution in [2.75, 3.05) is 5.32 Å². The zero-order valence-corrected chi connectivity index (χ0v) is 9.98. The van der Waals surface area contributed by atoms with Gasteiger partial charge in [-0.25, -0.2) is 0 Å². The molecule has 17 heavy (non-hydrogen) atoms. The molecule has 1 amide bonds. The number of aromatic nitrogens is 3. The molecule has 0 aliphatic heterocycles. The highest BCUT2D eigenvalue weighted by atomic mass is 32.1. The van der Waals surface area contributed by atoms with Gasteiger partial charge in [-0.1, -0.05) is 16.5 Å². The number of nitrogens with zero attached hydrogens (tertiary/aromatic N) is 3. The summed E-state index contributed by atoms with van der Waals surface area (Å²) < 4.78 is 3.52. The summed E-state index contributed by atoms with van der Waals surface area (Å²) in [5.74, 6) is -2.07. The van der Waals surface area contributed by atoms with Gasteiger partial charge in [-0.05, 0) is 24.0 Å². The number of hydrogen-bond donors (Lipinski definition) is 2. The second-order valence-corrected chi connectivity index (χ2v) is 5.02. The summed E-state index contributed by atoms with van der Waals surface area (Å²) in [6, 6.07) is 0. The van der Waals surface area contributed by atoms with Crippen molar-refractivity contribution in [1.82, 2.24) is 14.8 Å². The number of rotatable bonds is 3. The Balaban J connectivity index is 2.05. The van der Waals surface area contributed by atoms with Crippen LogP contribution >= 0.6 is 11.5 Å². The van der Waals surface area contributed by atoms with Crippen LogP contribution in [0.3, 0.4) is 0 Å². The van der Waals surface area contributed by atoms with Crippen LogP contribution in [0.4, 0.5) is 5.13 Å². The lowest BCUT2D eigenvalue weighted by Gasteiger charge is -2.13. The van der Waals surface area contributed by atoms with Crippen LogP contribution in [0.2, 0.25) is 0 Å². The Morgan fingerprint density at radius 3 is 2.71 bits per heavy atom. The Morgan fingerprint density at radius 1 is 1.41 bits per heavy atom. The summed E-state index contributed by atoms with van der Waals surface area (Å²) in [7, 11) is 0. The number of amides is 1. The molecule has 2 rings (SSSR count). The van der Waals surface area contributed by atoms with Gasteiger partial charge in [0, 0.05) is 11.5 Å². The highest BCUT2D eigenvalue weighted by Crippen LogP contribution is 2.37. The SMILES string of the molecule is CC1C[C@H](C(=O)Nc2nnns2)[C@H](C(=O)O)C1. The standard InChI is InChI=1S/C9H12N4O3S/c1-4-2-5(6(3-4)8(15)16)7(14)10-9-11-12-13-17-9/h4-6H,2-3H2,1H3,(H,15,16)(H,10,11,13,14)/t4?,5-,6+/m0/s1. The third kappa shape index (κ3) is 2.57. The summed E-state index contributed by atoms with van der Waals surface area (Å²) in [4.78, 5) is 23.0. The molecule has 2 N–H and O–H groups in total. The summed E-state index contributed by atoms with van der Waals surface area (Å²) in [6.45, 7) is 1.95. The largest absolute Gasteiger partial charge is 0.481 e. The normalized spacial score (nSPS) is 27.9. The number of carbonyl (C=O) groups excluding carboxylic acids is 1. The fraction of sp³-hybridized carbons (Fsp3) is 0.667. The van der Waals surface area contributed by atoms with Crippen molar-refractivity contribution >= 4 is 28.5 Å². The molecule has 1 aromatic heterocycles. The van der Waals surface area contributed by atoms with E-state index in [4.69, 9.17) is 5.11 Å². The minimum atomic E-state index is -0.912. The maximum atomic E-state index is 11.9. The van der Waals surface area contributed by atoms with Crippen LogP contribution in [0, 0.1) is 17.8 Å². The van der Waals surface area contributed by atoms with E-state index in [1.54, 1.807) is 0 Å². The van der Waals surface area contributed by atoms with Crippen LogP contribution in [0.15, 0.2) is 0 Å². The lowest BCUT2D eigenvalue weighted by Crippen LogP contribution is -2.29. The zero-order chi connectivity index (χ0) is 12.4. The second-order valence-electron chi connectivity index (χ2n) is 4.28. The van der Waals surface area contributed by atoms with E-state index in [1.165, 1.54) is 0 Å². The van der Waals surface area contributed by atoms with Gasteiger partial charge in [0.15, 0.2) is 0 Å². The number of nitrogens with one attached hydrogen (secondary N) is 1. The Labute approximate surface area is 101 Å². The van der Waals surface area contributed by atoms with Gasteiger partial charge in [-0.15, -0.1) is 0 Å². The topological polar surface area (TPSA) is 105 Å². The fourth-order valence-corrected chi connectivity index (χ4v) is 2.60.